The van der Waals surface area contributed by atoms with Crippen molar-refractivity contribution in [3.8, 4) is 17.1 Å². The van der Waals surface area contributed by atoms with E-state index in [0.29, 0.717) is 24.7 Å². The number of fused-ring (bicyclic) bond motifs is 3. The first-order valence-corrected chi connectivity index (χ1v) is 10.6. The highest BCUT2D eigenvalue weighted by atomic mass is 32.2. The summed E-state index contributed by atoms with van der Waals surface area (Å²) in [6, 6.07) is 16.3. The molecule has 2 heterocycles. The summed E-state index contributed by atoms with van der Waals surface area (Å²) in [4.78, 5) is 14.7. The Kier molecular flexibility index (Phi) is 6.04. The molecule has 1 aliphatic rings. The average Bonchev–Trinajstić information content (AvgIpc) is 3.09. The first-order valence-electron chi connectivity index (χ1n) is 9.79. The summed E-state index contributed by atoms with van der Waals surface area (Å²) in [7, 11) is 0. The summed E-state index contributed by atoms with van der Waals surface area (Å²) >= 11 is 1.55. The number of para-hydroxylation sites is 1. The smallest absolute Gasteiger partial charge is 0.176 e. The third-order valence-electron chi connectivity index (χ3n) is 4.43. The highest BCUT2D eigenvalue weighted by molar-refractivity contribution is 8.00. The van der Waals surface area contributed by atoms with E-state index in [1.807, 2.05) is 62.5 Å². The van der Waals surface area contributed by atoms with Crippen molar-refractivity contribution in [3.05, 3.63) is 60.4 Å². The van der Waals surface area contributed by atoms with Gasteiger partial charge in [-0.1, -0.05) is 18.2 Å². The number of anilines is 1. The Hall–Kier alpha value is -3.26. The number of benzene rings is 2. The molecule has 4 rings (SSSR count). The molecule has 154 valence electrons. The summed E-state index contributed by atoms with van der Waals surface area (Å²) < 4.78 is 11.4. The Morgan fingerprint density at radius 1 is 1.27 bits per heavy atom. The maximum Gasteiger partial charge on any atom is 0.176 e. The van der Waals surface area contributed by atoms with Gasteiger partial charge >= 0.3 is 0 Å². The van der Waals surface area contributed by atoms with Crippen LogP contribution in [0.5, 0.6) is 5.75 Å². The summed E-state index contributed by atoms with van der Waals surface area (Å²) in [5.74, 6) is 2.19. The second-order valence-electron chi connectivity index (χ2n) is 7.04. The molecule has 8 heteroatoms. The van der Waals surface area contributed by atoms with Gasteiger partial charge in [0.25, 0.3) is 0 Å². The van der Waals surface area contributed by atoms with Gasteiger partial charge in [-0.25, -0.2) is 9.98 Å². The van der Waals surface area contributed by atoms with Gasteiger partial charge in [0.2, 0.25) is 0 Å². The van der Waals surface area contributed by atoms with E-state index in [9.17, 15) is 0 Å². The first kappa shape index (κ1) is 20.0. The number of amidine groups is 1. The Balaban J connectivity index is 1.67. The third kappa shape index (κ3) is 4.49. The van der Waals surface area contributed by atoms with Gasteiger partial charge in [-0.3, -0.25) is 4.99 Å². The van der Waals surface area contributed by atoms with E-state index < -0.39 is 0 Å². The van der Waals surface area contributed by atoms with Crippen molar-refractivity contribution in [3.63, 3.8) is 0 Å². The topological polar surface area (TPSA) is 89.8 Å². The zero-order valence-electron chi connectivity index (χ0n) is 16.9. The molecule has 0 amide bonds. The minimum atomic E-state index is 0.0906. The number of hydrogen-bond acceptors (Lipinski definition) is 5. The number of rotatable bonds is 5. The molecule has 0 unspecified atom stereocenters. The SMILES string of the molecule is CC(C)N=C(N=CN)c1cn2c(n1)-c1cc(SNc3ccccc3)ccc1OCC2. The zero-order valence-corrected chi connectivity index (χ0v) is 17.8. The van der Waals surface area contributed by atoms with Crippen molar-refractivity contribution in [2.24, 2.45) is 15.7 Å². The standard InChI is InChI=1S/C22H24N6OS/c1-15(2)25-21(24-14-23)19-13-28-10-11-29-20-9-8-17(12-18(20)22(28)26-19)30-27-16-6-4-3-5-7-16/h3-9,12-15,27H,10-11H2,1-2H3,(H2,23,24,25). The second kappa shape index (κ2) is 9.04. The lowest BCUT2D eigenvalue weighted by molar-refractivity contribution is 0.306. The van der Waals surface area contributed by atoms with E-state index in [1.165, 1.54) is 6.34 Å². The van der Waals surface area contributed by atoms with Crippen molar-refractivity contribution in [2.45, 2.75) is 31.3 Å². The van der Waals surface area contributed by atoms with Gasteiger partial charge in [0.15, 0.2) is 5.84 Å². The molecule has 0 bridgehead atoms. The number of hydrogen-bond donors (Lipinski definition) is 2. The summed E-state index contributed by atoms with van der Waals surface area (Å²) in [6.07, 6.45) is 3.22. The number of imidazole rings is 1. The van der Waals surface area contributed by atoms with Crippen molar-refractivity contribution in [1.29, 1.82) is 0 Å². The van der Waals surface area contributed by atoms with Crippen molar-refractivity contribution >= 4 is 29.8 Å². The van der Waals surface area contributed by atoms with Crippen LogP contribution in [0.2, 0.25) is 0 Å². The molecule has 0 atom stereocenters. The lowest BCUT2D eigenvalue weighted by Crippen LogP contribution is -2.07. The highest BCUT2D eigenvalue weighted by Gasteiger charge is 2.21. The van der Waals surface area contributed by atoms with E-state index in [1.54, 1.807) is 11.9 Å². The molecule has 0 aliphatic carbocycles. The van der Waals surface area contributed by atoms with E-state index in [2.05, 4.69) is 25.3 Å². The number of ether oxygens (including phenoxy) is 1. The van der Waals surface area contributed by atoms with Gasteiger partial charge in [-0.15, -0.1) is 0 Å². The van der Waals surface area contributed by atoms with Gasteiger partial charge in [-0.2, -0.15) is 0 Å². The van der Waals surface area contributed by atoms with Crippen LogP contribution in [0, 0.1) is 0 Å². The molecule has 3 N–H and O–H groups in total. The van der Waals surface area contributed by atoms with Crippen LogP contribution in [-0.4, -0.2) is 34.4 Å². The van der Waals surface area contributed by atoms with Crippen LogP contribution in [0.25, 0.3) is 11.4 Å². The number of nitrogens with one attached hydrogen (secondary N) is 1. The number of aliphatic imine (C=N–C) groups is 2. The third-order valence-corrected chi connectivity index (χ3v) is 5.25. The van der Waals surface area contributed by atoms with Crippen LogP contribution >= 0.6 is 11.9 Å². The summed E-state index contributed by atoms with van der Waals surface area (Å²) in [6.45, 7) is 5.27. The fourth-order valence-corrected chi connectivity index (χ4v) is 3.83. The van der Waals surface area contributed by atoms with Gasteiger partial charge in [-0.05, 0) is 56.1 Å². The Labute approximate surface area is 180 Å². The molecular formula is C22H24N6OS. The van der Waals surface area contributed by atoms with Gasteiger partial charge in [0.1, 0.15) is 23.9 Å². The van der Waals surface area contributed by atoms with Crippen molar-refractivity contribution in [2.75, 3.05) is 11.3 Å². The maximum absolute atomic E-state index is 5.95. The van der Waals surface area contributed by atoms with Crippen LogP contribution in [0.4, 0.5) is 5.69 Å². The van der Waals surface area contributed by atoms with E-state index in [4.69, 9.17) is 15.5 Å². The average molecular weight is 421 g/mol. The summed E-state index contributed by atoms with van der Waals surface area (Å²) in [5.41, 5.74) is 8.22. The van der Waals surface area contributed by atoms with Crippen molar-refractivity contribution < 1.29 is 4.74 Å². The Morgan fingerprint density at radius 3 is 2.87 bits per heavy atom. The predicted octanol–water partition coefficient (Wildman–Crippen LogP) is 4.20. The molecule has 0 fully saturated rings. The van der Waals surface area contributed by atoms with Gasteiger partial charge < -0.3 is 19.8 Å². The molecule has 2 aromatic carbocycles. The predicted molar refractivity (Wildman–Crippen MR) is 123 cm³/mol. The molecule has 3 aromatic rings. The van der Waals surface area contributed by atoms with E-state index >= 15 is 0 Å². The fourth-order valence-electron chi connectivity index (χ4n) is 3.14. The second-order valence-corrected chi connectivity index (χ2v) is 7.92. The van der Waals surface area contributed by atoms with Crippen molar-refractivity contribution in [1.82, 2.24) is 9.55 Å². The molecule has 0 spiro atoms. The lowest BCUT2D eigenvalue weighted by atomic mass is 10.2. The number of nitrogens with zero attached hydrogens (tertiary/aromatic N) is 4. The number of nitrogens with two attached hydrogens (primary N) is 1. The minimum Gasteiger partial charge on any atom is -0.491 e. The molecule has 0 radical (unpaired) electrons. The maximum atomic E-state index is 5.95. The zero-order chi connectivity index (χ0) is 20.9. The normalized spacial score (nSPS) is 13.6. The highest BCUT2D eigenvalue weighted by Crippen LogP contribution is 2.35. The molecule has 7 nitrogen and oxygen atoms in total. The largest absolute Gasteiger partial charge is 0.491 e. The van der Waals surface area contributed by atoms with Gasteiger partial charge in [0, 0.05) is 22.8 Å². The van der Waals surface area contributed by atoms with E-state index in [-0.39, 0.29) is 6.04 Å². The monoisotopic (exact) mass is 420 g/mol. The van der Waals surface area contributed by atoms with Crippen LogP contribution in [-0.2, 0) is 6.54 Å². The first-order chi connectivity index (χ1) is 14.6. The summed E-state index contributed by atoms with van der Waals surface area (Å²) in [5, 5.41) is 0. The molecular weight excluding hydrogens is 396 g/mol. The molecule has 30 heavy (non-hydrogen) atoms. The quantitative estimate of drug-likeness (QED) is 0.367. The van der Waals surface area contributed by atoms with Crippen LogP contribution < -0.4 is 15.2 Å². The molecule has 1 aliphatic heterocycles. The molecule has 0 saturated carbocycles. The Bertz CT molecular complexity index is 1070. The lowest BCUT2D eigenvalue weighted by Gasteiger charge is -2.10. The Morgan fingerprint density at radius 2 is 2.10 bits per heavy atom. The molecule has 1 aromatic heterocycles. The minimum absolute atomic E-state index is 0.0906. The van der Waals surface area contributed by atoms with Crippen LogP contribution in [0.3, 0.4) is 0 Å². The van der Waals surface area contributed by atoms with Crippen LogP contribution in [0.1, 0.15) is 19.5 Å². The van der Waals surface area contributed by atoms with Gasteiger partial charge in [0.05, 0.1) is 18.4 Å². The molecule has 0 saturated heterocycles. The van der Waals surface area contributed by atoms with Crippen LogP contribution in [0.15, 0.2) is 69.6 Å². The van der Waals surface area contributed by atoms with E-state index in [0.717, 1.165) is 27.7 Å². The number of aromatic nitrogens is 2. The fraction of sp³-hybridized carbons (Fsp3) is 0.227.